The van der Waals surface area contributed by atoms with Gasteiger partial charge in [0, 0.05) is 23.2 Å². The average Bonchev–Trinajstić information content (AvgIpc) is 3.14. The molecule has 3 rings (SSSR count). The van der Waals surface area contributed by atoms with Crippen LogP contribution < -0.4 is 10.1 Å². The van der Waals surface area contributed by atoms with Gasteiger partial charge in [-0.15, -0.1) is 15.0 Å². The molecule has 8 nitrogen and oxygen atoms in total. The highest BCUT2D eigenvalue weighted by Crippen LogP contribution is 2.21. The third kappa shape index (κ3) is 4.72. The molecule has 2 aromatic carbocycles. The molecule has 0 fully saturated rings. The molecule has 144 valence electrons. The van der Waals surface area contributed by atoms with Crippen LogP contribution in [0, 0.1) is 0 Å². The summed E-state index contributed by atoms with van der Waals surface area (Å²) in [5.74, 6) is 0.0672. The second-order valence-electron chi connectivity index (χ2n) is 5.99. The third-order valence-corrected chi connectivity index (χ3v) is 4.11. The van der Waals surface area contributed by atoms with Crippen LogP contribution >= 0.6 is 11.6 Å². The highest BCUT2D eigenvalue weighted by Gasteiger charge is 2.24. The fourth-order valence-corrected chi connectivity index (χ4v) is 2.62. The van der Waals surface area contributed by atoms with E-state index in [0.717, 1.165) is 5.56 Å². The maximum absolute atomic E-state index is 12.6. The zero-order valence-corrected chi connectivity index (χ0v) is 16.1. The van der Waals surface area contributed by atoms with E-state index in [1.165, 1.54) is 11.7 Å². The summed E-state index contributed by atoms with van der Waals surface area (Å²) in [6.07, 6.45) is 0.430. The van der Waals surface area contributed by atoms with Crippen molar-refractivity contribution in [1.82, 2.24) is 20.2 Å². The largest absolute Gasteiger partial charge is 0.425 e. The van der Waals surface area contributed by atoms with Crippen molar-refractivity contribution >= 4 is 29.2 Å². The predicted molar refractivity (Wildman–Crippen MR) is 104 cm³/mol. The van der Waals surface area contributed by atoms with Gasteiger partial charge < -0.3 is 10.1 Å². The van der Waals surface area contributed by atoms with Crippen molar-refractivity contribution in [3.63, 3.8) is 0 Å². The number of carbonyl (C=O) groups excluding carboxylic acids is 2. The molecule has 3 aromatic rings. The summed E-state index contributed by atoms with van der Waals surface area (Å²) in [7, 11) is 0. The van der Waals surface area contributed by atoms with Crippen molar-refractivity contribution in [2.75, 3.05) is 5.32 Å². The van der Waals surface area contributed by atoms with Crippen LogP contribution in [0.1, 0.15) is 26.3 Å². The molecule has 1 atom stereocenters. The molecule has 1 heterocycles. The Morgan fingerprint density at radius 1 is 1.14 bits per heavy atom. The summed E-state index contributed by atoms with van der Waals surface area (Å²) in [6.45, 7) is 3.25. The van der Waals surface area contributed by atoms with Gasteiger partial charge in [-0.3, -0.25) is 4.79 Å². The van der Waals surface area contributed by atoms with Gasteiger partial charge in [-0.25, -0.2) is 4.79 Å². The van der Waals surface area contributed by atoms with Crippen molar-refractivity contribution in [1.29, 1.82) is 0 Å². The lowest BCUT2D eigenvalue weighted by Crippen LogP contribution is -2.25. The number of anilines is 1. The summed E-state index contributed by atoms with van der Waals surface area (Å²) in [5, 5.41) is 15.5. The van der Waals surface area contributed by atoms with E-state index in [4.69, 9.17) is 16.3 Å². The molecule has 28 heavy (non-hydrogen) atoms. The zero-order valence-electron chi connectivity index (χ0n) is 15.3. The van der Waals surface area contributed by atoms with Crippen LogP contribution in [0.25, 0.3) is 11.4 Å². The van der Waals surface area contributed by atoms with Gasteiger partial charge in [-0.1, -0.05) is 18.5 Å². The third-order valence-electron chi connectivity index (χ3n) is 3.86. The lowest BCUT2D eigenvalue weighted by molar-refractivity contribution is -0.139. The topological polar surface area (TPSA) is 99.0 Å². The Morgan fingerprint density at radius 2 is 1.82 bits per heavy atom. The van der Waals surface area contributed by atoms with Crippen LogP contribution in [0.2, 0.25) is 5.02 Å². The molecule has 0 spiro atoms. The Bertz CT molecular complexity index is 970. The van der Waals surface area contributed by atoms with E-state index in [-0.39, 0.29) is 5.91 Å². The summed E-state index contributed by atoms with van der Waals surface area (Å²) < 4.78 is 5.41. The first kappa shape index (κ1) is 19.5. The number of tetrazole rings is 1. The minimum absolute atomic E-state index is 0.176. The van der Waals surface area contributed by atoms with Gasteiger partial charge >= 0.3 is 5.97 Å². The molecule has 0 aliphatic carbocycles. The lowest BCUT2D eigenvalue weighted by Gasteiger charge is -2.12. The van der Waals surface area contributed by atoms with E-state index < -0.39 is 12.0 Å². The number of halogens is 1. The number of aromatic nitrogens is 4. The monoisotopic (exact) mass is 399 g/mol. The van der Waals surface area contributed by atoms with Gasteiger partial charge in [0.1, 0.15) is 5.75 Å². The quantitative estimate of drug-likeness (QED) is 0.503. The van der Waals surface area contributed by atoms with Crippen molar-refractivity contribution in [3.05, 3.63) is 53.6 Å². The number of nitrogens with zero attached hydrogens (tertiary/aromatic N) is 4. The Labute approximate surface area is 166 Å². The van der Waals surface area contributed by atoms with E-state index in [1.807, 2.05) is 6.92 Å². The summed E-state index contributed by atoms with van der Waals surface area (Å²) >= 11 is 5.89. The summed E-state index contributed by atoms with van der Waals surface area (Å²) in [5.41, 5.74) is 1.36. The smallest absolute Gasteiger partial charge is 0.338 e. The van der Waals surface area contributed by atoms with Gasteiger partial charge in [0.2, 0.25) is 11.7 Å². The van der Waals surface area contributed by atoms with Crippen LogP contribution in [0.3, 0.4) is 0 Å². The van der Waals surface area contributed by atoms with Crippen LogP contribution in [0.15, 0.2) is 48.5 Å². The minimum atomic E-state index is -0.719. The van der Waals surface area contributed by atoms with Crippen LogP contribution in [0.4, 0.5) is 5.69 Å². The molecule has 0 aliphatic rings. The molecule has 1 unspecified atom stereocenters. The molecule has 0 saturated heterocycles. The number of esters is 1. The zero-order chi connectivity index (χ0) is 20.1. The Hall–Kier alpha value is -3.26. The highest BCUT2D eigenvalue weighted by molar-refractivity contribution is 6.30. The van der Waals surface area contributed by atoms with Crippen molar-refractivity contribution in [2.24, 2.45) is 0 Å². The lowest BCUT2D eigenvalue weighted by atomic mass is 10.2. The number of rotatable bonds is 6. The second kappa shape index (κ2) is 8.62. The van der Waals surface area contributed by atoms with Gasteiger partial charge in [0.25, 0.3) is 0 Å². The highest BCUT2D eigenvalue weighted by atomic mass is 35.5. The maximum atomic E-state index is 12.6. The minimum Gasteiger partial charge on any atom is -0.425 e. The van der Waals surface area contributed by atoms with E-state index in [1.54, 1.807) is 48.5 Å². The van der Waals surface area contributed by atoms with Crippen LogP contribution in [0.5, 0.6) is 5.75 Å². The van der Waals surface area contributed by atoms with Gasteiger partial charge in [0.05, 0.1) is 0 Å². The molecular weight excluding hydrogens is 382 g/mol. The number of carbonyl (C=O) groups is 2. The number of nitrogens with one attached hydrogen (secondary N) is 1. The van der Waals surface area contributed by atoms with E-state index in [0.29, 0.717) is 28.7 Å². The number of amides is 1. The molecule has 1 N–H and O–H groups in total. The van der Waals surface area contributed by atoms with Crippen LogP contribution in [-0.4, -0.2) is 32.1 Å². The SMILES string of the molecule is CCC(C(=O)Oc1ccc(NC(C)=O)cc1)n1nnc(-c2ccc(Cl)cc2)n1. The van der Waals surface area contributed by atoms with Crippen molar-refractivity contribution < 1.29 is 14.3 Å². The molecule has 9 heteroatoms. The first-order valence-corrected chi connectivity index (χ1v) is 8.99. The second-order valence-corrected chi connectivity index (χ2v) is 6.43. The van der Waals surface area contributed by atoms with Crippen molar-refractivity contribution in [2.45, 2.75) is 26.3 Å². The Balaban J connectivity index is 1.71. The average molecular weight is 400 g/mol. The molecule has 0 aliphatic heterocycles. The van der Waals surface area contributed by atoms with Crippen LogP contribution in [-0.2, 0) is 9.59 Å². The number of hydrogen-bond acceptors (Lipinski definition) is 6. The van der Waals surface area contributed by atoms with Crippen molar-refractivity contribution in [3.8, 4) is 17.1 Å². The molecule has 0 bridgehead atoms. The first-order chi connectivity index (χ1) is 13.5. The molecule has 0 radical (unpaired) electrons. The summed E-state index contributed by atoms with van der Waals surface area (Å²) in [4.78, 5) is 24.9. The van der Waals surface area contributed by atoms with Gasteiger partial charge in [-0.2, -0.15) is 0 Å². The standard InChI is InChI=1S/C19H18ClN5O3/c1-3-17(19(27)28-16-10-8-15(9-11-16)21-12(2)26)25-23-18(22-24-25)13-4-6-14(20)7-5-13/h4-11,17H,3H2,1-2H3,(H,21,26). The van der Waals surface area contributed by atoms with Gasteiger partial charge in [-0.05, 0) is 60.2 Å². The van der Waals surface area contributed by atoms with Gasteiger partial charge in [0.15, 0.2) is 6.04 Å². The number of ether oxygens (including phenoxy) is 1. The fourth-order valence-electron chi connectivity index (χ4n) is 2.49. The predicted octanol–water partition coefficient (Wildman–Crippen LogP) is 3.51. The van der Waals surface area contributed by atoms with E-state index >= 15 is 0 Å². The first-order valence-electron chi connectivity index (χ1n) is 8.61. The molecular formula is C19H18ClN5O3. The fraction of sp³-hybridized carbons (Fsp3) is 0.211. The Morgan fingerprint density at radius 3 is 2.43 bits per heavy atom. The Kier molecular flexibility index (Phi) is 6.00. The normalized spacial score (nSPS) is 11.7. The molecule has 1 amide bonds. The number of benzene rings is 2. The van der Waals surface area contributed by atoms with E-state index in [2.05, 4.69) is 20.7 Å². The van der Waals surface area contributed by atoms with E-state index in [9.17, 15) is 9.59 Å². The molecule has 1 aromatic heterocycles. The maximum Gasteiger partial charge on any atom is 0.338 e. The number of hydrogen-bond donors (Lipinski definition) is 1. The summed E-state index contributed by atoms with van der Waals surface area (Å²) in [6, 6.07) is 12.8. The molecule has 0 saturated carbocycles.